The molecule has 0 radical (unpaired) electrons. The number of rotatable bonds is 7. The van der Waals surface area contributed by atoms with Crippen molar-refractivity contribution in [2.24, 2.45) is 5.92 Å². The van der Waals surface area contributed by atoms with Gasteiger partial charge in [0.2, 0.25) is 12.3 Å². The van der Waals surface area contributed by atoms with Crippen LogP contribution in [0.15, 0.2) is 64.5 Å². The van der Waals surface area contributed by atoms with E-state index in [-0.39, 0.29) is 11.6 Å². The van der Waals surface area contributed by atoms with Crippen molar-refractivity contribution in [1.29, 1.82) is 0 Å². The highest BCUT2D eigenvalue weighted by Crippen LogP contribution is 2.26. The maximum atomic E-state index is 14.1. The van der Waals surface area contributed by atoms with Crippen molar-refractivity contribution < 1.29 is 9.15 Å². The van der Waals surface area contributed by atoms with E-state index in [0.717, 1.165) is 50.1 Å². The van der Waals surface area contributed by atoms with E-state index < -0.39 is 0 Å². The number of ether oxygens (including phenoxy) is 1. The Balaban J connectivity index is 1.23. The third-order valence-corrected chi connectivity index (χ3v) is 8.04. The molecule has 216 valence electrons. The fourth-order valence-corrected chi connectivity index (χ4v) is 5.61. The van der Waals surface area contributed by atoms with Crippen LogP contribution in [0.5, 0.6) is 0 Å². The quantitative estimate of drug-likeness (QED) is 0.311. The Hall–Kier alpha value is -4.62. The van der Waals surface area contributed by atoms with Gasteiger partial charge in [-0.2, -0.15) is 4.98 Å². The summed E-state index contributed by atoms with van der Waals surface area (Å²) in [5.41, 5.74) is 2.86. The Labute approximate surface area is 241 Å². The van der Waals surface area contributed by atoms with Gasteiger partial charge in [-0.15, -0.1) is 5.10 Å². The van der Waals surface area contributed by atoms with Gasteiger partial charge in [0.15, 0.2) is 5.82 Å². The number of nitrogens with one attached hydrogen (secondary N) is 1. The molecule has 0 spiro atoms. The number of pyridine rings is 1. The van der Waals surface area contributed by atoms with E-state index in [1.54, 1.807) is 33.8 Å². The molecule has 5 aromatic rings. The fraction of sp³-hybridized carbons (Fsp3) is 0.379. The van der Waals surface area contributed by atoms with E-state index in [9.17, 15) is 4.79 Å². The zero-order chi connectivity index (χ0) is 28.5. The minimum Gasteiger partial charge on any atom is -0.410 e. The number of nitrogens with zero attached hydrogens (tertiary/aromatic N) is 9. The van der Waals surface area contributed by atoms with Crippen molar-refractivity contribution >= 4 is 28.4 Å². The van der Waals surface area contributed by atoms with Gasteiger partial charge >= 0.3 is 6.01 Å². The van der Waals surface area contributed by atoms with Crippen molar-refractivity contribution in [2.45, 2.75) is 19.4 Å². The van der Waals surface area contributed by atoms with E-state index in [1.165, 1.54) is 12.1 Å². The molecule has 42 heavy (non-hydrogen) atoms. The molecule has 2 fully saturated rings. The van der Waals surface area contributed by atoms with Gasteiger partial charge in [0, 0.05) is 81.3 Å². The van der Waals surface area contributed by atoms with Gasteiger partial charge in [0.25, 0.3) is 5.56 Å². The zero-order valence-electron chi connectivity index (χ0n) is 23.4. The van der Waals surface area contributed by atoms with Crippen LogP contribution in [0.1, 0.15) is 12.8 Å². The molecule has 1 aromatic carbocycles. The molecule has 0 saturated carbocycles. The Morgan fingerprint density at radius 2 is 1.86 bits per heavy atom. The number of aromatic nitrogens is 7. The van der Waals surface area contributed by atoms with Crippen LogP contribution >= 0.6 is 0 Å². The van der Waals surface area contributed by atoms with Gasteiger partial charge in [0.05, 0.1) is 5.56 Å². The van der Waals surface area contributed by atoms with Gasteiger partial charge in [-0.3, -0.25) is 13.9 Å². The lowest BCUT2D eigenvalue weighted by molar-refractivity contribution is 0.0613. The fourth-order valence-electron chi connectivity index (χ4n) is 5.61. The lowest BCUT2D eigenvalue weighted by atomic mass is 10.00. The molecule has 0 amide bonds. The summed E-state index contributed by atoms with van der Waals surface area (Å²) in [7, 11) is 2.16. The van der Waals surface area contributed by atoms with Gasteiger partial charge in [0.1, 0.15) is 5.65 Å². The summed E-state index contributed by atoms with van der Waals surface area (Å²) in [5, 5.41) is 11.8. The second-order valence-electron chi connectivity index (χ2n) is 10.8. The standard InChI is InChI=1S/C29H32N10O3/c1-36-10-12-37(13-11-36)23-4-2-22(3-5-23)33-28-31-17-21-16-24(26-30-8-9-38(26)29-35-32-19-42-29)27(40)39(25(21)34-28)18-20-6-14-41-15-7-20/h2-5,8-9,16-17,19-20H,6-7,10-15,18H2,1H3,(H,31,33,34). The van der Waals surface area contributed by atoms with Crippen LogP contribution in [0, 0.1) is 5.92 Å². The largest absolute Gasteiger partial charge is 0.410 e. The molecule has 0 bridgehead atoms. The summed E-state index contributed by atoms with van der Waals surface area (Å²) in [6.45, 7) is 6.03. The second-order valence-corrected chi connectivity index (χ2v) is 10.8. The van der Waals surface area contributed by atoms with Crippen molar-refractivity contribution in [2.75, 3.05) is 56.7 Å². The van der Waals surface area contributed by atoms with Crippen LogP contribution in [0.4, 0.5) is 17.3 Å². The molecular weight excluding hydrogens is 536 g/mol. The summed E-state index contributed by atoms with van der Waals surface area (Å²) >= 11 is 0. The summed E-state index contributed by atoms with van der Waals surface area (Å²) < 4.78 is 14.3. The molecule has 2 aliphatic heterocycles. The molecular formula is C29H32N10O3. The van der Waals surface area contributed by atoms with E-state index in [4.69, 9.17) is 14.1 Å². The van der Waals surface area contributed by atoms with E-state index in [0.29, 0.717) is 48.7 Å². The third kappa shape index (κ3) is 5.23. The number of imidazole rings is 1. The minimum absolute atomic E-state index is 0.192. The average molecular weight is 569 g/mol. The van der Waals surface area contributed by atoms with Crippen LogP contribution < -0.4 is 15.8 Å². The average Bonchev–Trinajstić information content (AvgIpc) is 3.73. The number of benzene rings is 1. The van der Waals surface area contributed by atoms with E-state index in [2.05, 4.69) is 54.5 Å². The topological polar surface area (TPSA) is 132 Å². The number of fused-ring (bicyclic) bond motifs is 1. The van der Waals surface area contributed by atoms with Crippen molar-refractivity contribution in [3.05, 3.63) is 65.7 Å². The molecule has 2 saturated heterocycles. The molecule has 6 heterocycles. The molecule has 2 aliphatic rings. The first-order valence-electron chi connectivity index (χ1n) is 14.2. The lowest BCUT2D eigenvalue weighted by Crippen LogP contribution is -2.44. The number of anilines is 3. The van der Waals surface area contributed by atoms with E-state index >= 15 is 0 Å². The third-order valence-electron chi connectivity index (χ3n) is 8.04. The van der Waals surface area contributed by atoms with Gasteiger partial charge < -0.3 is 24.3 Å². The maximum Gasteiger partial charge on any atom is 0.328 e. The predicted molar refractivity (Wildman–Crippen MR) is 157 cm³/mol. The Morgan fingerprint density at radius 3 is 2.62 bits per heavy atom. The summed E-state index contributed by atoms with van der Waals surface area (Å²) in [4.78, 5) is 32.7. The molecule has 13 nitrogen and oxygen atoms in total. The lowest BCUT2D eigenvalue weighted by Gasteiger charge is -2.34. The first-order valence-corrected chi connectivity index (χ1v) is 14.2. The summed E-state index contributed by atoms with van der Waals surface area (Å²) in [6.07, 6.45) is 8.03. The Morgan fingerprint density at radius 1 is 1.05 bits per heavy atom. The Bertz CT molecular complexity index is 1720. The molecule has 13 heteroatoms. The number of piperazine rings is 1. The van der Waals surface area contributed by atoms with Crippen LogP contribution in [0.2, 0.25) is 0 Å². The van der Waals surface area contributed by atoms with Gasteiger partial charge in [-0.1, -0.05) is 5.10 Å². The molecule has 0 unspecified atom stereocenters. The molecule has 7 rings (SSSR count). The smallest absolute Gasteiger partial charge is 0.328 e. The van der Waals surface area contributed by atoms with Gasteiger partial charge in [-0.05, 0) is 56.1 Å². The SMILES string of the molecule is CN1CCN(c2ccc(Nc3ncc4cc(-c5nccn5-c5nnco5)c(=O)n(CC5CCOCC5)c4n3)cc2)CC1. The van der Waals surface area contributed by atoms with Crippen LogP contribution in [-0.4, -0.2) is 85.6 Å². The minimum atomic E-state index is -0.192. The van der Waals surface area contributed by atoms with Crippen LogP contribution in [-0.2, 0) is 11.3 Å². The second kappa shape index (κ2) is 11.3. The monoisotopic (exact) mass is 568 g/mol. The first-order chi connectivity index (χ1) is 20.6. The van der Waals surface area contributed by atoms with Gasteiger partial charge in [-0.25, -0.2) is 9.97 Å². The summed E-state index contributed by atoms with van der Waals surface area (Å²) in [5.74, 6) is 1.13. The predicted octanol–water partition coefficient (Wildman–Crippen LogP) is 2.95. The molecule has 0 aliphatic carbocycles. The normalized spacial score (nSPS) is 16.7. The van der Waals surface area contributed by atoms with E-state index in [1.807, 2.05) is 12.1 Å². The maximum absolute atomic E-state index is 14.1. The highest BCUT2D eigenvalue weighted by Gasteiger charge is 2.22. The zero-order valence-corrected chi connectivity index (χ0v) is 23.4. The van der Waals surface area contributed by atoms with Crippen molar-refractivity contribution in [1.82, 2.24) is 39.2 Å². The number of hydrogen-bond donors (Lipinski definition) is 1. The van der Waals surface area contributed by atoms with Crippen LogP contribution in [0.25, 0.3) is 28.4 Å². The van der Waals surface area contributed by atoms with Crippen molar-refractivity contribution in [3.63, 3.8) is 0 Å². The van der Waals surface area contributed by atoms with Crippen molar-refractivity contribution in [3.8, 4) is 17.4 Å². The molecule has 0 atom stereocenters. The molecule has 1 N–H and O–H groups in total. The Kier molecular flexibility index (Phi) is 7.10. The molecule has 4 aromatic heterocycles. The number of likely N-dealkylation sites (N-methyl/N-ethyl adjacent to an activating group) is 1. The first kappa shape index (κ1) is 26.3. The highest BCUT2D eigenvalue weighted by atomic mass is 16.5. The highest BCUT2D eigenvalue weighted by molar-refractivity contribution is 5.81. The number of hydrogen-bond acceptors (Lipinski definition) is 11. The summed E-state index contributed by atoms with van der Waals surface area (Å²) in [6, 6.07) is 10.3. The van der Waals surface area contributed by atoms with Crippen LogP contribution in [0.3, 0.4) is 0 Å².